The van der Waals surface area contributed by atoms with Crippen LogP contribution in [0.1, 0.15) is 43.5 Å². The van der Waals surface area contributed by atoms with Gasteiger partial charge in [0.1, 0.15) is 12.1 Å². The molecule has 168 valence electrons. The number of fused-ring (bicyclic) bond motifs is 1. The smallest absolute Gasteiger partial charge is 0.336 e. The molecule has 0 aliphatic heterocycles. The molecule has 0 spiro atoms. The SMILES string of the molecule is Cc1cc2c(cn1)c(C#N)c(-c1ccc(S(=O)(=O)N[C@H](C)C(F)(F)F)cc1)n2C1CCC1. The Balaban J connectivity index is 1.80. The van der Waals surface area contributed by atoms with Gasteiger partial charge in [0.05, 0.1) is 21.7 Å². The van der Waals surface area contributed by atoms with Gasteiger partial charge in [0, 0.05) is 23.3 Å². The van der Waals surface area contributed by atoms with Crippen LogP contribution in [0.3, 0.4) is 0 Å². The molecule has 6 nitrogen and oxygen atoms in total. The molecule has 1 fully saturated rings. The number of aryl methyl sites for hydroxylation is 1. The van der Waals surface area contributed by atoms with Crippen LogP contribution < -0.4 is 4.72 Å². The first-order valence-corrected chi connectivity index (χ1v) is 11.6. The summed E-state index contributed by atoms with van der Waals surface area (Å²) in [6.45, 7) is 2.62. The van der Waals surface area contributed by atoms with Crippen LogP contribution in [0.15, 0.2) is 41.4 Å². The third-order valence-electron chi connectivity index (χ3n) is 5.84. The van der Waals surface area contributed by atoms with Crippen molar-refractivity contribution < 1.29 is 21.6 Å². The van der Waals surface area contributed by atoms with Crippen LogP contribution in [-0.4, -0.2) is 30.2 Å². The van der Waals surface area contributed by atoms with Gasteiger partial charge in [-0.1, -0.05) is 12.1 Å². The second kappa shape index (κ2) is 7.90. The fourth-order valence-electron chi connectivity index (χ4n) is 3.89. The Hall–Kier alpha value is -2.90. The highest BCUT2D eigenvalue weighted by Crippen LogP contribution is 2.42. The minimum atomic E-state index is -4.69. The molecule has 1 aromatic carbocycles. The molecular weight excluding hydrogens is 441 g/mol. The average molecular weight is 462 g/mol. The molecule has 2 heterocycles. The van der Waals surface area contributed by atoms with E-state index in [-0.39, 0.29) is 10.9 Å². The number of aromatic nitrogens is 2. The number of pyridine rings is 1. The molecule has 32 heavy (non-hydrogen) atoms. The van der Waals surface area contributed by atoms with Gasteiger partial charge in [-0.15, -0.1) is 0 Å². The second-order valence-electron chi connectivity index (χ2n) is 8.04. The molecule has 0 bridgehead atoms. The Morgan fingerprint density at radius 3 is 2.44 bits per heavy atom. The predicted octanol–water partition coefficient (Wildman–Crippen LogP) is 4.84. The van der Waals surface area contributed by atoms with Crippen molar-refractivity contribution in [3.8, 4) is 17.3 Å². The van der Waals surface area contributed by atoms with E-state index in [0.29, 0.717) is 16.8 Å². The Labute approximate surface area is 183 Å². The van der Waals surface area contributed by atoms with Gasteiger partial charge in [0.25, 0.3) is 0 Å². The van der Waals surface area contributed by atoms with Gasteiger partial charge in [-0.3, -0.25) is 4.98 Å². The zero-order valence-corrected chi connectivity index (χ0v) is 18.3. The summed E-state index contributed by atoms with van der Waals surface area (Å²) in [5, 5.41) is 10.6. The molecule has 0 unspecified atom stereocenters. The van der Waals surface area contributed by atoms with Crippen molar-refractivity contribution in [1.29, 1.82) is 5.26 Å². The van der Waals surface area contributed by atoms with Crippen LogP contribution in [0.4, 0.5) is 13.2 Å². The molecule has 3 aromatic rings. The summed E-state index contributed by atoms with van der Waals surface area (Å²) in [7, 11) is -4.36. The van der Waals surface area contributed by atoms with Gasteiger partial charge in [-0.05, 0) is 56.9 Å². The van der Waals surface area contributed by atoms with Crippen LogP contribution in [0, 0.1) is 18.3 Å². The Kier molecular flexibility index (Phi) is 5.51. The van der Waals surface area contributed by atoms with Crippen LogP contribution in [0.25, 0.3) is 22.2 Å². The predicted molar refractivity (Wildman–Crippen MR) is 113 cm³/mol. The van der Waals surface area contributed by atoms with Crippen LogP contribution in [0.5, 0.6) is 0 Å². The van der Waals surface area contributed by atoms with E-state index in [0.717, 1.165) is 42.8 Å². The van der Waals surface area contributed by atoms with Crippen molar-refractivity contribution in [2.45, 2.75) is 56.3 Å². The third kappa shape index (κ3) is 3.87. The second-order valence-corrected chi connectivity index (χ2v) is 9.76. The number of sulfonamides is 1. The molecule has 1 aliphatic rings. The largest absolute Gasteiger partial charge is 0.404 e. The van der Waals surface area contributed by atoms with Gasteiger partial charge in [-0.25, -0.2) is 8.42 Å². The Morgan fingerprint density at radius 1 is 1.25 bits per heavy atom. The molecule has 4 rings (SSSR count). The first-order chi connectivity index (χ1) is 15.0. The molecule has 2 aromatic heterocycles. The molecular formula is C22H21F3N4O2S. The summed E-state index contributed by atoms with van der Waals surface area (Å²) in [6, 6.07) is 7.75. The summed E-state index contributed by atoms with van der Waals surface area (Å²) in [6.07, 6.45) is -0.00676. The monoisotopic (exact) mass is 462 g/mol. The number of hydrogen-bond acceptors (Lipinski definition) is 4. The van der Waals surface area contributed by atoms with Crippen LogP contribution in [0.2, 0.25) is 0 Å². The molecule has 10 heteroatoms. The fraction of sp³-hybridized carbons (Fsp3) is 0.364. The number of benzene rings is 1. The molecule has 1 atom stereocenters. The van der Waals surface area contributed by atoms with E-state index < -0.39 is 22.2 Å². The van der Waals surface area contributed by atoms with Crippen molar-refractivity contribution in [3.05, 3.63) is 47.8 Å². The van der Waals surface area contributed by atoms with Crippen LogP contribution >= 0.6 is 0 Å². The van der Waals surface area contributed by atoms with E-state index in [4.69, 9.17) is 0 Å². The number of nitrogens with zero attached hydrogens (tertiary/aromatic N) is 3. The minimum absolute atomic E-state index is 0.217. The lowest BCUT2D eigenvalue weighted by atomic mass is 9.92. The minimum Gasteiger partial charge on any atom is -0.336 e. The molecule has 0 radical (unpaired) electrons. The third-order valence-corrected chi connectivity index (χ3v) is 7.39. The van der Waals surface area contributed by atoms with Crippen molar-refractivity contribution in [2.24, 2.45) is 0 Å². The van der Waals surface area contributed by atoms with E-state index in [1.807, 2.05) is 13.0 Å². The molecule has 0 saturated heterocycles. The highest BCUT2D eigenvalue weighted by atomic mass is 32.2. The van der Waals surface area contributed by atoms with E-state index in [2.05, 4.69) is 15.6 Å². The van der Waals surface area contributed by atoms with Gasteiger partial charge >= 0.3 is 6.18 Å². The van der Waals surface area contributed by atoms with Gasteiger partial charge in [0.15, 0.2) is 0 Å². The van der Waals surface area contributed by atoms with E-state index in [1.165, 1.54) is 24.3 Å². The summed E-state index contributed by atoms with van der Waals surface area (Å²) in [4.78, 5) is 4.04. The van der Waals surface area contributed by atoms with Gasteiger partial charge in [0.2, 0.25) is 10.0 Å². The standard InChI is InChI=1S/C22H21F3N4O2S/c1-13-10-20-19(12-27-13)18(11-26)21(29(20)16-4-3-5-16)15-6-8-17(9-7-15)32(30,31)28-14(2)22(23,24)25/h6-10,12,14,16,28H,3-5H2,1-2H3/t14-/m1/s1. The zero-order valence-electron chi connectivity index (χ0n) is 17.4. The van der Waals surface area contributed by atoms with Crippen molar-refractivity contribution >= 4 is 20.9 Å². The summed E-state index contributed by atoms with van der Waals surface area (Å²) < 4.78 is 66.9. The van der Waals surface area contributed by atoms with Crippen LogP contribution in [-0.2, 0) is 10.0 Å². The van der Waals surface area contributed by atoms with E-state index >= 15 is 0 Å². The highest BCUT2D eigenvalue weighted by molar-refractivity contribution is 7.89. The molecule has 1 saturated carbocycles. The fourth-order valence-corrected chi connectivity index (χ4v) is 5.12. The zero-order chi connectivity index (χ0) is 23.3. The number of halogens is 3. The first-order valence-electron chi connectivity index (χ1n) is 10.1. The summed E-state index contributed by atoms with van der Waals surface area (Å²) in [5.41, 5.74) is 3.44. The summed E-state index contributed by atoms with van der Waals surface area (Å²) >= 11 is 0. The maximum absolute atomic E-state index is 12.8. The van der Waals surface area contributed by atoms with E-state index in [9.17, 15) is 26.9 Å². The van der Waals surface area contributed by atoms with Gasteiger partial charge < -0.3 is 4.57 Å². The molecule has 0 amide bonds. The first kappa shape index (κ1) is 22.3. The van der Waals surface area contributed by atoms with Crippen molar-refractivity contribution in [2.75, 3.05) is 0 Å². The quantitative estimate of drug-likeness (QED) is 0.588. The normalized spacial score (nSPS) is 16.0. The Morgan fingerprint density at radius 2 is 1.91 bits per heavy atom. The lowest BCUT2D eigenvalue weighted by Crippen LogP contribution is -2.42. The number of alkyl halides is 3. The molecule has 1 N–H and O–H groups in total. The number of nitrogens with one attached hydrogen (secondary N) is 1. The topological polar surface area (TPSA) is 87.8 Å². The number of rotatable bonds is 5. The maximum Gasteiger partial charge on any atom is 0.404 e. The van der Waals surface area contributed by atoms with Gasteiger partial charge in [-0.2, -0.15) is 23.2 Å². The summed E-state index contributed by atoms with van der Waals surface area (Å²) in [5.74, 6) is 0. The van der Waals surface area contributed by atoms with Crippen molar-refractivity contribution in [1.82, 2.24) is 14.3 Å². The lowest BCUT2D eigenvalue weighted by molar-refractivity contribution is -0.147. The lowest BCUT2D eigenvalue weighted by Gasteiger charge is -2.30. The molecule has 1 aliphatic carbocycles. The number of hydrogen-bond donors (Lipinski definition) is 1. The highest BCUT2D eigenvalue weighted by Gasteiger charge is 2.39. The average Bonchev–Trinajstić information content (AvgIpc) is 2.99. The Bertz CT molecular complexity index is 1320. The number of nitriles is 1. The van der Waals surface area contributed by atoms with E-state index in [1.54, 1.807) is 10.9 Å². The maximum atomic E-state index is 12.8. The van der Waals surface area contributed by atoms with Crippen molar-refractivity contribution in [3.63, 3.8) is 0 Å².